The molecule has 3 rings (SSSR count). The van der Waals surface area contributed by atoms with E-state index in [0.29, 0.717) is 47.2 Å². The van der Waals surface area contributed by atoms with Gasteiger partial charge in [0.1, 0.15) is 18.4 Å². The zero-order valence-electron chi connectivity index (χ0n) is 13.2. The highest BCUT2D eigenvalue weighted by Gasteiger charge is 2.13. The van der Waals surface area contributed by atoms with Crippen molar-refractivity contribution in [1.82, 2.24) is 0 Å². The number of fused-ring (bicyclic) bond motifs is 1. The minimum absolute atomic E-state index is 0.0425. The van der Waals surface area contributed by atoms with Gasteiger partial charge in [0, 0.05) is 18.2 Å². The van der Waals surface area contributed by atoms with E-state index in [1.54, 1.807) is 30.3 Å². The molecule has 6 heteroatoms. The summed E-state index contributed by atoms with van der Waals surface area (Å²) >= 11 is 0. The van der Waals surface area contributed by atoms with Gasteiger partial charge >= 0.3 is 0 Å². The average molecular weight is 324 g/mol. The number of rotatable bonds is 6. The Morgan fingerprint density at radius 1 is 1.25 bits per heavy atom. The number of benzene rings is 2. The van der Waals surface area contributed by atoms with Gasteiger partial charge in [0.25, 0.3) is 0 Å². The molecule has 0 spiro atoms. The van der Waals surface area contributed by atoms with Crippen molar-refractivity contribution >= 4 is 11.5 Å². The van der Waals surface area contributed by atoms with Crippen LogP contribution in [0, 0.1) is 11.3 Å². The number of nitriles is 1. The van der Waals surface area contributed by atoms with Crippen LogP contribution < -0.4 is 19.5 Å². The number of carbonyl (C=O) groups is 1. The van der Waals surface area contributed by atoms with Crippen molar-refractivity contribution < 1.29 is 19.0 Å². The predicted molar refractivity (Wildman–Crippen MR) is 87.7 cm³/mol. The Morgan fingerprint density at radius 3 is 2.88 bits per heavy atom. The molecule has 1 heterocycles. The summed E-state index contributed by atoms with van der Waals surface area (Å²) in [5, 5.41) is 12.3. The van der Waals surface area contributed by atoms with Crippen LogP contribution >= 0.6 is 0 Å². The van der Waals surface area contributed by atoms with Gasteiger partial charge in [0.15, 0.2) is 17.3 Å². The fourth-order valence-electron chi connectivity index (χ4n) is 2.33. The van der Waals surface area contributed by atoms with E-state index in [1.165, 1.54) is 6.92 Å². The van der Waals surface area contributed by atoms with Gasteiger partial charge in [0.05, 0.1) is 11.3 Å². The van der Waals surface area contributed by atoms with Gasteiger partial charge in [-0.25, -0.2) is 0 Å². The predicted octanol–water partition coefficient (Wildman–Crippen LogP) is 2.98. The number of hydrogen-bond acceptors (Lipinski definition) is 6. The molecule has 2 aromatic carbocycles. The first kappa shape index (κ1) is 15.7. The van der Waals surface area contributed by atoms with Gasteiger partial charge in [-0.15, -0.1) is 0 Å². The Balaban J connectivity index is 1.57. The number of hydrogen-bond donors (Lipinski definition) is 1. The van der Waals surface area contributed by atoms with Crippen LogP contribution in [0.15, 0.2) is 36.4 Å². The topological polar surface area (TPSA) is 80.6 Å². The monoisotopic (exact) mass is 324 g/mol. The Bertz CT molecular complexity index is 811. The number of ether oxygens (including phenoxy) is 3. The van der Waals surface area contributed by atoms with Crippen LogP contribution in [-0.2, 0) is 0 Å². The molecule has 0 amide bonds. The highest BCUT2D eigenvalue weighted by Crippen LogP contribution is 2.35. The molecule has 6 nitrogen and oxygen atoms in total. The normalized spacial score (nSPS) is 11.7. The minimum Gasteiger partial charge on any atom is -0.492 e. The van der Waals surface area contributed by atoms with Gasteiger partial charge in [-0.2, -0.15) is 5.26 Å². The number of ketones is 1. The molecular weight excluding hydrogens is 308 g/mol. The highest BCUT2D eigenvalue weighted by molar-refractivity contribution is 5.95. The molecule has 24 heavy (non-hydrogen) atoms. The lowest BCUT2D eigenvalue weighted by Gasteiger charge is -2.11. The largest absolute Gasteiger partial charge is 0.492 e. The lowest BCUT2D eigenvalue weighted by molar-refractivity contribution is 0.101. The first-order valence-electron chi connectivity index (χ1n) is 7.49. The van der Waals surface area contributed by atoms with E-state index in [-0.39, 0.29) is 12.6 Å². The summed E-state index contributed by atoms with van der Waals surface area (Å²) in [6.45, 7) is 2.61. The van der Waals surface area contributed by atoms with Crippen LogP contribution in [0.25, 0.3) is 0 Å². The second kappa shape index (κ2) is 6.92. The number of nitrogens with one attached hydrogen (secondary N) is 1. The van der Waals surface area contributed by atoms with E-state index >= 15 is 0 Å². The summed E-state index contributed by atoms with van der Waals surface area (Å²) in [5.74, 6) is 2.01. The smallest absolute Gasteiger partial charge is 0.231 e. The molecule has 0 unspecified atom stereocenters. The SMILES string of the molecule is CC(=O)c1ccc(C#N)c(NCCOc2ccc3c(c2)OCO3)c1. The van der Waals surface area contributed by atoms with Gasteiger partial charge < -0.3 is 19.5 Å². The van der Waals surface area contributed by atoms with E-state index in [9.17, 15) is 4.79 Å². The lowest BCUT2D eigenvalue weighted by atomic mass is 10.1. The Morgan fingerprint density at radius 2 is 2.08 bits per heavy atom. The third-order valence-electron chi connectivity index (χ3n) is 3.58. The molecule has 2 aromatic rings. The van der Waals surface area contributed by atoms with Crippen LogP contribution in [0.5, 0.6) is 17.2 Å². The highest BCUT2D eigenvalue weighted by atomic mass is 16.7. The molecule has 0 atom stereocenters. The Hall–Kier alpha value is -3.20. The summed E-state index contributed by atoms with van der Waals surface area (Å²) in [7, 11) is 0. The zero-order valence-corrected chi connectivity index (χ0v) is 13.2. The zero-order chi connectivity index (χ0) is 16.9. The lowest BCUT2D eigenvalue weighted by Crippen LogP contribution is -2.12. The molecule has 0 aromatic heterocycles. The number of anilines is 1. The summed E-state index contributed by atoms with van der Waals surface area (Å²) in [6.07, 6.45) is 0. The fourth-order valence-corrected chi connectivity index (χ4v) is 2.33. The molecule has 0 fully saturated rings. The molecule has 1 aliphatic rings. The van der Waals surface area contributed by atoms with Gasteiger partial charge in [-0.3, -0.25) is 4.79 Å². The van der Waals surface area contributed by atoms with Crippen molar-refractivity contribution in [2.45, 2.75) is 6.92 Å². The standard InChI is InChI=1S/C18H16N2O4/c1-12(21)13-2-3-14(10-19)16(8-13)20-6-7-22-15-4-5-17-18(9-15)24-11-23-17/h2-5,8-9,20H,6-7,11H2,1H3. The van der Waals surface area contributed by atoms with Crippen molar-refractivity contribution in [3.63, 3.8) is 0 Å². The van der Waals surface area contributed by atoms with Crippen molar-refractivity contribution in [1.29, 1.82) is 5.26 Å². The van der Waals surface area contributed by atoms with Crippen LogP contribution in [-0.4, -0.2) is 25.7 Å². The summed E-state index contributed by atoms with van der Waals surface area (Å²) in [5.41, 5.74) is 1.68. The van der Waals surface area contributed by atoms with E-state index < -0.39 is 0 Å². The number of nitrogens with zero attached hydrogens (tertiary/aromatic N) is 1. The van der Waals surface area contributed by atoms with E-state index in [1.807, 2.05) is 6.07 Å². The van der Waals surface area contributed by atoms with Crippen LogP contribution in [0.2, 0.25) is 0 Å². The van der Waals surface area contributed by atoms with Gasteiger partial charge in [-0.05, 0) is 37.3 Å². The third-order valence-corrected chi connectivity index (χ3v) is 3.58. The molecular formula is C18H16N2O4. The first-order valence-corrected chi connectivity index (χ1v) is 7.49. The number of carbonyl (C=O) groups excluding carboxylic acids is 1. The number of Topliss-reactive ketones (excluding diaryl/α,β-unsaturated/α-hetero) is 1. The maximum Gasteiger partial charge on any atom is 0.231 e. The average Bonchev–Trinajstić information content (AvgIpc) is 3.06. The van der Waals surface area contributed by atoms with Crippen molar-refractivity contribution in [2.24, 2.45) is 0 Å². The molecule has 1 N–H and O–H groups in total. The molecule has 0 saturated carbocycles. The summed E-state index contributed by atoms with van der Waals surface area (Å²) < 4.78 is 16.2. The molecule has 0 saturated heterocycles. The van der Waals surface area contributed by atoms with E-state index in [4.69, 9.17) is 19.5 Å². The van der Waals surface area contributed by atoms with Crippen molar-refractivity contribution in [2.75, 3.05) is 25.3 Å². The van der Waals surface area contributed by atoms with E-state index in [2.05, 4.69) is 11.4 Å². The van der Waals surface area contributed by atoms with Crippen LogP contribution in [0.4, 0.5) is 5.69 Å². The van der Waals surface area contributed by atoms with Crippen molar-refractivity contribution in [3.05, 3.63) is 47.5 Å². The van der Waals surface area contributed by atoms with E-state index in [0.717, 1.165) is 0 Å². The molecule has 0 aliphatic carbocycles. The first-order chi connectivity index (χ1) is 11.7. The second-order valence-electron chi connectivity index (χ2n) is 5.22. The minimum atomic E-state index is -0.0425. The Kier molecular flexibility index (Phi) is 4.52. The maximum absolute atomic E-state index is 11.4. The van der Waals surface area contributed by atoms with Gasteiger partial charge in [0.2, 0.25) is 6.79 Å². The molecule has 122 valence electrons. The fraction of sp³-hybridized carbons (Fsp3) is 0.222. The maximum atomic E-state index is 11.4. The molecule has 1 aliphatic heterocycles. The van der Waals surface area contributed by atoms with Crippen LogP contribution in [0.3, 0.4) is 0 Å². The molecule has 0 bridgehead atoms. The van der Waals surface area contributed by atoms with Gasteiger partial charge in [-0.1, -0.05) is 0 Å². The summed E-state index contributed by atoms with van der Waals surface area (Å²) in [6, 6.07) is 12.5. The van der Waals surface area contributed by atoms with Crippen LogP contribution in [0.1, 0.15) is 22.8 Å². The summed E-state index contributed by atoms with van der Waals surface area (Å²) in [4.78, 5) is 11.4. The third kappa shape index (κ3) is 3.41. The second-order valence-corrected chi connectivity index (χ2v) is 5.22. The molecule has 0 radical (unpaired) electrons. The quantitative estimate of drug-likeness (QED) is 0.650. The Labute approximate surface area is 139 Å². The van der Waals surface area contributed by atoms with Crippen molar-refractivity contribution in [3.8, 4) is 23.3 Å².